The number of nitrogens with one attached hydrogen (secondary N) is 2. The Morgan fingerprint density at radius 3 is 2.54 bits per heavy atom. The minimum absolute atomic E-state index is 0.200. The summed E-state index contributed by atoms with van der Waals surface area (Å²) >= 11 is 0. The molecular weight excluding hydrogens is 376 g/mol. The Kier molecular flexibility index (Phi) is 6.03. The van der Waals surface area contributed by atoms with Crippen molar-refractivity contribution >= 4 is 35.4 Å². The molecule has 1 aliphatic heterocycles. The van der Waals surface area contributed by atoms with E-state index in [9.17, 15) is 34.1 Å². The first-order valence-corrected chi connectivity index (χ1v) is 8.09. The second kappa shape index (κ2) is 8.24. The lowest BCUT2D eigenvalue weighted by Crippen LogP contribution is -2.45. The molecule has 2 N–H and O–H groups in total. The highest BCUT2D eigenvalue weighted by atomic mass is 16.6. The second-order valence-corrected chi connectivity index (χ2v) is 5.63. The summed E-state index contributed by atoms with van der Waals surface area (Å²) < 4.78 is 4.82. The molecule has 0 aliphatic carbocycles. The van der Waals surface area contributed by atoms with Gasteiger partial charge in [0.15, 0.2) is 6.10 Å². The van der Waals surface area contributed by atoms with E-state index in [2.05, 4.69) is 5.32 Å². The van der Waals surface area contributed by atoms with Gasteiger partial charge in [-0.1, -0.05) is 6.07 Å². The lowest BCUT2D eigenvalue weighted by atomic mass is 10.1. The van der Waals surface area contributed by atoms with E-state index in [1.54, 1.807) is 6.92 Å². The number of carbonyl (C=O) groups excluding carboxylic acids is 5. The van der Waals surface area contributed by atoms with Crippen molar-refractivity contribution in [1.29, 1.82) is 0 Å². The first-order chi connectivity index (χ1) is 13.2. The Morgan fingerprint density at radius 2 is 1.93 bits per heavy atom. The zero-order chi connectivity index (χ0) is 21.0. The maximum atomic E-state index is 12.4. The highest BCUT2D eigenvalue weighted by Crippen LogP contribution is 2.30. The van der Waals surface area contributed by atoms with Gasteiger partial charge in [-0.2, -0.15) is 0 Å². The molecule has 148 valence electrons. The molecule has 0 bridgehead atoms. The van der Waals surface area contributed by atoms with Crippen molar-refractivity contribution in [3.05, 3.63) is 39.4 Å². The average molecular weight is 392 g/mol. The largest absolute Gasteiger partial charge is 0.451 e. The van der Waals surface area contributed by atoms with Crippen molar-refractivity contribution in [1.82, 2.24) is 15.5 Å². The van der Waals surface area contributed by atoms with E-state index in [4.69, 9.17) is 4.74 Å². The van der Waals surface area contributed by atoms with Gasteiger partial charge in [0, 0.05) is 12.6 Å². The number of hydrogen-bond donors (Lipinski definition) is 2. The molecule has 5 amide bonds. The molecule has 1 unspecified atom stereocenters. The maximum absolute atomic E-state index is 12.4. The third kappa shape index (κ3) is 4.11. The van der Waals surface area contributed by atoms with E-state index in [1.165, 1.54) is 19.1 Å². The number of esters is 1. The maximum Gasteiger partial charge on any atom is 0.326 e. The number of nitrogens with zero attached hydrogens (tertiary/aromatic N) is 2. The zero-order valence-corrected chi connectivity index (χ0v) is 14.9. The summed E-state index contributed by atoms with van der Waals surface area (Å²) in [5, 5.41) is 15.3. The third-order valence-electron chi connectivity index (χ3n) is 3.71. The van der Waals surface area contributed by atoms with Crippen LogP contribution in [0.3, 0.4) is 0 Å². The van der Waals surface area contributed by atoms with Crippen LogP contribution in [0, 0.1) is 10.1 Å². The van der Waals surface area contributed by atoms with Crippen LogP contribution < -0.4 is 10.6 Å². The lowest BCUT2D eigenvalue weighted by molar-refractivity contribution is -0.385. The van der Waals surface area contributed by atoms with E-state index < -0.39 is 58.5 Å². The molecule has 0 spiro atoms. The highest BCUT2D eigenvalue weighted by Gasteiger charge is 2.42. The molecule has 1 aliphatic rings. The molecule has 28 heavy (non-hydrogen) atoms. The fraction of sp³-hybridized carbons (Fsp3) is 0.312. The lowest BCUT2D eigenvalue weighted by Gasteiger charge is -2.16. The van der Waals surface area contributed by atoms with Crippen LogP contribution in [0.5, 0.6) is 0 Å². The van der Waals surface area contributed by atoms with Gasteiger partial charge in [-0.05, 0) is 19.9 Å². The summed E-state index contributed by atoms with van der Waals surface area (Å²) in [6, 6.07) is 2.77. The van der Waals surface area contributed by atoms with Crippen LogP contribution in [0.25, 0.3) is 0 Å². The van der Waals surface area contributed by atoms with E-state index >= 15 is 0 Å². The fourth-order valence-corrected chi connectivity index (χ4v) is 2.45. The number of nitro benzene ring substituents is 1. The summed E-state index contributed by atoms with van der Waals surface area (Å²) in [4.78, 5) is 70.4. The van der Waals surface area contributed by atoms with Gasteiger partial charge in [0.05, 0.1) is 10.5 Å². The van der Waals surface area contributed by atoms with Crippen LogP contribution in [0.1, 0.15) is 34.6 Å². The molecule has 1 heterocycles. The minimum Gasteiger partial charge on any atom is -0.451 e. The summed E-state index contributed by atoms with van der Waals surface area (Å²) in [7, 11) is 0. The Bertz CT molecular complexity index is 881. The number of nitro groups is 1. The van der Waals surface area contributed by atoms with Crippen molar-refractivity contribution in [2.24, 2.45) is 0 Å². The summed E-state index contributed by atoms with van der Waals surface area (Å²) in [5.74, 6) is -3.91. The number of amides is 5. The first kappa shape index (κ1) is 20.5. The van der Waals surface area contributed by atoms with Crippen molar-refractivity contribution in [3.63, 3.8) is 0 Å². The monoisotopic (exact) mass is 392 g/mol. The fourth-order valence-electron chi connectivity index (χ4n) is 2.45. The Morgan fingerprint density at radius 1 is 1.25 bits per heavy atom. The topological polar surface area (TPSA) is 165 Å². The van der Waals surface area contributed by atoms with Crippen LogP contribution in [-0.2, 0) is 14.3 Å². The first-order valence-electron chi connectivity index (χ1n) is 8.09. The van der Waals surface area contributed by atoms with Gasteiger partial charge in [0.2, 0.25) is 0 Å². The number of rotatable bonds is 6. The molecule has 0 fully saturated rings. The number of benzene rings is 1. The van der Waals surface area contributed by atoms with Crippen LogP contribution in [-0.4, -0.2) is 58.7 Å². The second-order valence-electron chi connectivity index (χ2n) is 5.63. The predicted molar refractivity (Wildman–Crippen MR) is 91.2 cm³/mol. The molecule has 2 rings (SSSR count). The summed E-state index contributed by atoms with van der Waals surface area (Å²) in [6.07, 6.45) is -1.38. The van der Waals surface area contributed by atoms with Crippen LogP contribution >= 0.6 is 0 Å². The quantitative estimate of drug-likeness (QED) is 0.295. The van der Waals surface area contributed by atoms with E-state index in [0.29, 0.717) is 4.90 Å². The average Bonchev–Trinajstić information content (AvgIpc) is 2.86. The summed E-state index contributed by atoms with van der Waals surface area (Å²) in [6.45, 7) is 2.26. The third-order valence-corrected chi connectivity index (χ3v) is 3.71. The van der Waals surface area contributed by atoms with Crippen molar-refractivity contribution in [2.45, 2.75) is 20.0 Å². The smallest absolute Gasteiger partial charge is 0.326 e. The van der Waals surface area contributed by atoms with Crippen LogP contribution in [0.15, 0.2) is 18.2 Å². The number of fused-ring (bicyclic) bond motifs is 1. The predicted octanol–water partition coefficient (Wildman–Crippen LogP) is -0.0318. The van der Waals surface area contributed by atoms with Gasteiger partial charge in [0.1, 0.15) is 12.1 Å². The molecular formula is C16H16N4O8. The zero-order valence-electron chi connectivity index (χ0n) is 14.9. The molecule has 0 radical (unpaired) electrons. The Labute approximate surface area is 158 Å². The molecule has 12 nitrogen and oxygen atoms in total. The molecule has 1 atom stereocenters. The standard InChI is InChI=1S/C16H16N4O8/c1-3-17-16(25)18-13(22)8(2)28-11(21)7-19-14(23)9-5-4-6-10(20(26)27)12(9)15(19)24/h4-6,8H,3,7H2,1-2H3,(H2,17,18,22,25). The number of imide groups is 2. The molecule has 0 aromatic heterocycles. The molecule has 0 saturated heterocycles. The van der Waals surface area contributed by atoms with Crippen molar-refractivity contribution in [2.75, 3.05) is 13.1 Å². The van der Waals surface area contributed by atoms with E-state index in [0.717, 1.165) is 6.07 Å². The normalized spacial score (nSPS) is 13.6. The molecule has 1 aromatic carbocycles. The summed E-state index contributed by atoms with van der Waals surface area (Å²) in [5.41, 5.74) is -1.16. The minimum atomic E-state index is -1.38. The molecule has 0 saturated carbocycles. The Hall–Kier alpha value is -3.83. The number of urea groups is 1. The molecule has 12 heteroatoms. The van der Waals surface area contributed by atoms with Crippen molar-refractivity contribution < 1.29 is 33.6 Å². The number of ether oxygens (including phenoxy) is 1. The SMILES string of the molecule is CCNC(=O)NC(=O)C(C)OC(=O)CN1C(=O)c2cccc([N+](=O)[O-])c2C1=O. The van der Waals surface area contributed by atoms with Gasteiger partial charge >= 0.3 is 12.0 Å². The van der Waals surface area contributed by atoms with Gasteiger partial charge in [0.25, 0.3) is 23.4 Å². The van der Waals surface area contributed by atoms with Crippen LogP contribution in [0.2, 0.25) is 0 Å². The van der Waals surface area contributed by atoms with Gasteiger partial charge < -0.3 is 10.1 Å². The van der Waals surface area contributed by atoms with Gasteiger partial charge in [-0.15, -0.1) is 0 Å². The van der Waals surface area contributed by atoms with Gasteiger partial charge in [-0.3, -0.25) is 39.5 Å². The number of hydrogen-bond acceptors (Lipinski definition) is 8. The molecule has 1 aromatic rings. The Balaban J connectivity index is 2.05. The number of carbonyl (C=O) groups is 5. The van der Waals surface area contributed by atoms with Crippen LogP contribution in [0.4, 0.5) is 10.5 Å². The van der Waals surface area contributed by atoms with E-state index in [-0.39, 0.29) is 12.1 Å². The van der Waals surface area contributed by atoms with E-state index in [1.807, 2.05) is 5.32 Å². The van der Waals surface area contributed by atoms with Gasteiger partial charge in [-0.25, -0.2) is 4.79 Å². The highest BCUT2D eigenvalue weighted by molar-refractivity contribution is 6.24. The van der Waals surface area contributed by atoms with Crippen molar-refractivity contribution in [3.8, 4) is 0 Å².